The normalized spacial score (nSPS) is 18.6. The highest BCUT2D eigenvalue weighted by molar-refractivity contribution is 5.90. The summed E-state index contributed by atoms with van der Waals surface area (Å²) in [5.41, 5.74) is 5.12. The molecule has 2 heterocycles. The van der Waals surface area contributed by atoms with E-state index in [-0.39, 0.29) is 5.60 Å². The predicted molar refractivity (Wildman–Crippen MR) is 108 cm³/mol. The number of carbonyl (C=O) groups is 1. The van der Waals surface area contributed by atoms with Gasteiger partial charge in [-0.25, -0.2) is 5.48 Å². The molecule has 0 saturated carbocycles. The van der Waals surface area contributed by atoms with Crippen LogP contribution in [-0.2, 0) is 17.8 Å². The molecule has 0 bridgehead atoms. The molecule has 1 spiro atoms. The summed E-state index contributed by atoms with van der Waals surface area (Å²) in [5.74, 6) is 0.541. The second-order valence-corrected chi connectivity index (χ2v) is 7.72. The molecule has 1 amide bonds. The summed E-state index contributed by atoms with van der Waals surface area (Å²) in [6.45, 7) is 3.01. The third-order valence-corrected chi connectivity index (χ3v) is 5.84. The smallest absolute Gasteiger partial charge is 0.267 e. The number of hydroxylamine groups is 1. The van der Waals surface area contributed by atoms with Crippen LogP contribution in [0, 0.1) is 0 Å². The minimum absolute atomic E-state index is 0.00673. The Hall–Kier alpha value is -2.63. The highest BCUT2D eigenvalue weighted by atomic mass is 16.5. The van der Waals surface area contributed by atoms with Crippen LogP contribution >= 0.6 is 0 Å². The van der Waals surface area contributed by atoms with E-state index in [1.54, 1.807) is 11.6 Å². The number of nitrogens with zero attached hydrogens (tertiary/aromatic N) is 1. The lowest BCUT2D eigenvalue weighted by Gasteiger charge is -2.44. The Kier molecular flexibility index (Phi) is 5.46. The van der Waals surface area contributed by atoms with E-state index in [0.29, 0.717) is 0 Å². The molecule has 4 rings (SSSR count). The number of hydrogen-bond acceptors (Lipinski definition) is 4. The number of rotatable bonds is 4. The van der Waals surface area contributed by atoms with Gasteiger partial charge in [-0.15, -0.1) is 0 Å². The molecule has 0 atom stereocenters. The van der Waals surface area contributed by atoms with Gasteiger partial charge in [0.15, 0.2) is 0 Å². The lowest BCUT2D eigenvalue weighted by Crippen LogP contribution is -2.49. The maximum Gasteiger partial charge on any atom is 0.267 e. The quantitative estimate of drug-likeness (QED) is 0.485. The van der Waals surface area contributed by atoms with E-state index in [4.69, 9.17) is 9.94 Å². The highest BCUT2D eigenvalue weighted by Crippen LogP contribution is 2.39. The Morgan fingerprint density at radius 2 is 1.86 bits per heavy atom. The van der Waals surface area contributed by atoms with Crippen LogP contribution in [0.25, 0.3) is 6.08 Å². The van der Waals surface area contributed by atoms with Gasteiger partial charge in [-0.3, -0.25) is 14.9 Å². The first-order valence-corrected chi connectivity index (χ1v) is 9.86. The molecule has 1 saturated heterocycles. The molecule has 2 aliphatic heterocycles. The molecule has 2 aromatic rings. The Labute approximate surface area is 165 Å². The minimum Gasteiger partial charge on any atom is -0.487 e. The van der Waals surface area contributed by atoms with E-state index in [1.165, 1.54) is 17.2 Å². The van der Waals surface area contributed by atoms with Crippen LogP contribution < -0.4 is 10.2 Å². The van der Waals surface area contributed by atoms with Gasteiger partial charge in [0.05, 0.1) is 0 Å². The maximum absolute atomic E-state index is 11.0. The number of carbonyl (C=O) groups excluding carboxylic acids is 1. The summed E-state index contributed by atoms with van der Waals surface area (Å²) in [6.07, 6.45) is 7.34. The van der Waals surface area contributed by atoms with Crippen molar-refractivity contribution in [2.75, 3.05) is 13.1 Å². The fourth-order valence-electron chi connectivity index (χ4n) is 4.13. The number of hydrogen-bond donors (Lipinski definition) is 2. The average molecular weight is 378 g/mol. The molecule has 0 aromatic heterocycles. The first-order valence-electron chi connectivity index (χ1n) is 9.86. The zero-order valence-electron chi connectivity index (χ0n) is 15.9. The summed E-state index contributed by atoms with van der Waals surface area (Å²) in [4.78, 5) is 13.5. The number of amides is 1. The largest absolute Gasteiger partial charge is 0.487 e. The molecule has 0 aliphatic carbocycles. The SMILES string of the molecule is O=C(/C=C/c1ccc(CN2CCC3(CCc4ccccc4O3)CC2)cc1)NO. The van der Waals surface area contributed by atoms with Crippen molar-refractivity contribution >= 4 is 12.0 Å². The van der Waals surface area contributed by atoms with Crippen molar-refractivity contribution in [3.63, 3.8) is 0 Å². The molecule has 5 nitrogen and oxygen atoms in total. The summed E-state index contributed by atoms with van der Waals surface area (Å²) in [6, 6.07) is 16.6. The van der Waals surface area contributed by atoms with Crippen molar-refractivity contribution in [1.29, 1.82) is 0 Å². The van der Waals surface area contributed by atoms with E-state index >= 15 is 0 Å². The fourth-order valence-corrected chi connectivity index (χ4v) is 4.13. The van der Waals surface area contributed by atoms with Gasteiger partial charge in [-0.1, -0.05) is 42.5 Å². The number of benzene rings is 2. The Morgan fingerprint density at radius 3 is 2.61 bits per heavy atom. The van der Waals surface area contributed by atoms with Gasteiger partial charge >= 0.3 is 0 Å². The molecule has 0 radical (unpaired) electrons. The molecule has 2 aromatic carbocycles. The molecule has 5 heteroatoms. The van der Waals surface area contributed by atoms with Gasteiger partial charge in [0.25, 0.3) is 5.91 Å². The molecule has 1 fully saturated rings. The van der Waals surface area contributed by atoms with Crippen molar-refractivity contribution in [3.8, 4) is 5.75 Å². The van der Waals surface area contributed by atoms with Crippen LogP contribution in [0.15, 0.2) is 54.6 Å². The molecule has 2 N–H and O–H groups in total. The Balaban J connectivity index is 1.31. The first kappa shape index (κ1) is 18.7. The average Bonchev–Trinajstić information content (AvgIpc) is 2.75. The van der Waals surface area contributed by atoms with Gasteiger partial charge in [0, 0.05) is 25.7 Å². The topological polar surface area (TPSA) is 61.8 Å². The molecule has 28 heavy (non-hydrogen) atoms. The number of nitrogens with one attached hydrogen (secondary N) is 1. The van der Waals surface area contributed by atoms with Crippen LogP contribution in [0.4, 0.5) is 0 Å². The number of para-hydroxylation sites is 1. The van der Waals surface area contributed by atoms with Crippen molar-refractivity contribution < 1.29 is 14.7 Å². The van der Waals surface area contributed by atoms with Gasteiger partial charge in [-0.2, -0.15) is 0 Å². The van der Waals surface area contributed by atoms with E-state index in [1.807, 2.05) is 12.1 Å². The summed E-state index contributed by atoms with van der Waals surface area (Å²) < 4.78 is 6.45. The molecular weight excluding hydrogens is 352 g/mol. The van der Waals surface area contributed by atoms with E-state index in [2.05, 4.69) is 41.3 Å². The van der Waals surface area contributed by atoms with Crippen molar-refractivity contribution in [3.05, 3.63) is 71.3 Å². The molecule has 2 aliphatic rings. The number of fused-ring (bicyclic) bond motifs is 1. The number of aryl methyl sites for hydroxylation is 1. The van der Waals surface area contributed by atoms with Gasteiger partial charge in [0.1, 0.15) is 11.4 Å². The predicted octanol–water partition coefficient (Wildman–Crippen LogP) is 3.57. The second-order valence-electron chi connectivity index (χ2n) is 7.72. The van der Waals surface area contributed by atoms with Crippen molar-refractivity contribution in [2.45, 2.75) is 37.8 Å². The van der Waals surface area contributed by atoms with Crippen LogP contribution in [0.2, 0.25) is 0 Å². The number of likely N-dealkylation sites (tertiary alicyclic amines) is 1. The third-order valence-electron chi connectivity index (χ3n) is 5.84. The van der Waals surface area contributed by atoms with Crippen molar-refractivity contribution in [1.82, 2.24) is 10.4 Å². The zero-order chi connectivity index (χ0) is 19.4. The van der Waals surface area contributed by atoms with Gasteiger partial charge < -0.3 is 4.74 Å². The molecule has 0 unspecified atom stereocenters. The van der Waals surface area contributed by atoms with Gasteiger partial charge in [-0.05, 0) is 54.5 Å². The number of piperidine rings is 1. The zero-order valence-corrected chi connectivity index (χ0v) is 15.9. The Bertz CT molecular complexity index is 852. The first-order chi connectivity index (χ1) is 13.7. The van der Waals surface area contributed by atoms with E-state index in [0.717, 1.165) is 56.6 Å². The molecule has 146 valence electrons. The van der Waals surface area contributed by atoms with E-state index in [9.17, 15) is 4.79 Å². The fraction of sp³-hybridized carbons (Fsp3) is 0.348. The second kappa shape index (κ2) is 8.17. The summed E-state index contributed by atoms with van der Waals surface area (Å²) in [5, 5.41) is 8.51. The lowest BCUT2D eigenvalue weighted by molar-refractivity contribution is -0.124. The maximum atomic E-state index is 11.0. The van der Waals surface area contributed by atoms with Gasteiger partial charge in [0.2, 0.25) is 0 Å². The van der Waals surface area contributed by atoms with Crippen LogP contribution in [0.1, 0.15) is 36.0 Å². The molecular formula is C23H26N2O3. The van der Waals surface area contributed by atoms with Crippen LogP contribution in [0.3, 0.4) is 0 Å². The standard InChI is InChI=1S/C23H26N2O3/c26-22(24-27)10-9-18-5-7-19(8-6-18)17-25-15-13-23(14-16-25)12-11-20-3-1-2-4-21(20)28-23/h1-10,27H,11-17H2,(H,24,26)/b10-9+. The summed E-state index contributed by atoms with van der Waals surface area (Å²) >= 11 is 0. The summed E-state index contributed by atoms with van der Waals surface area (Å²) in [7, 11) is 0. The Morgan fingerprint density at radius 1 is 1.11 bits per heavy atom. The third kappa shape index (κ3) is 4.26. The van der Waals surface area contributed by atoms with E-state index < -0.39 is 5.91 Å². The highest BCUT2D eigenvalue weighted by Gasteiger charge is 2.39. The van der Waals surface area contributed by atoms with Crippen LogP contribution in [-0.4, -0.2) is 34.7 Å². The van der Waals surface area contributed by atoms with Crippen molar-refractivity contribution in [2.24, 2.45) is 0 Å². The monoisotopic (exact) mass is 378 g/mol. The number of ether oxygens (including phenoxy) is 1. The minimum atomic E-state index is -0.529. The lowest BCUT2D eigenvalue weighted by atomic mass is 9.83. The van der Waals surface area contributed by atoms with Crippen LogP contribution in [0.5, 0.6) is 5.75 Å².